The van der Waals surface area contributed by atoms with Crippen LogP contribution in [0.4, 0.5) is 20.2 Å². The van der Waals surface area contributed by atoms with Crippen LogP contribution >= 0.6 is 11.6 Å². The summed E-state index contributed by atoms with van der Waals surface area (Å²) in [6.45, 7) is 0.133. The third-order valence-electron chi connectivity index (χ3n) is 2.53. The largest absolute Gasteiger partial charge is 0.396 e. The molecular weight excluding hydrogens is 258 g/mol. The zero-order valence-electron chi connectivity index (χ0n) is 9.38. The standard InChI is InChI=1S/C13H11ClF2N2/c14-10-2-1-3-12(13(10)17)18-7-8-6-9(15)4-5-11(8)16/h1-6,18H,7,17H2. The number of hydrogen-bond acceptors (Lipinski definition) is 2. The zero-order valence-corrected chi connectivity index (χ0v) is 10.1. The van der Waals surface area contributed by atoms with Crippen LogP contribution in [0.25, 0.3) is 0 Å². The summed E-state index contributed by atoms with van der Waals surface area (Å²) in [6.07, 6.45) is 0. The molecule has 0 aliphatic carbocycles. The minimum absolute atomic E-state index is 0.133. The van der Waals surface area contributed by atoms with Gasteiger partial charge in [0.15, 0.2) is 0 Å². The third kappa shape index (κ3) is 2.71. The summed E-state index contributed by atoms with van der Waals surface area (Å²) < 4.78 is 26.4. The molecule has 0 spiro atoms. The van der Waals surface area contributed by atoms with Crippen molar-refractivity contribution in [3.63, 3.8) is 0 Å². The second-order valence-corrected chi connectivity index (χ2v) is 4.20. The van der Waals surface area contributed by atoms with Crippen LogP contribution in [0.2, 0.25) is 5.02 Å². The van der Waals surface area contributed by atoms with Crippen LogP contribution in [0.1, 0.15) is 5.56 Å². The van der Waals surface area contributed by atoms with Crippen molar-refractivity contribution in [3.05, 3.63) is 58.6 Å². The van der Waals surface area contributed by atoms with E-state index in [0.717, 1.165) is 18.2 Å². The average molecular weight is 269 g/mol. The molecule has 2 aromatic rings. The predicted molar refractivity (Wildman–Crippen MR) is 69.5 cm³/mol. The Morgan fingerprint density at radius 2 is 1.94 bits per heavy atom. The Morgan fingerprint density at radius 1 is 1.17 bits per heavy atom. The molecule has 0 saturated carbocycles. The fourth-order valence-corrected chi connectivity index (χ4v) is 1.73. The van der Waals surface area contributed by atoms with Gasteiger partial charge in [-0.2, -0.15) is 0 Å². The monoisotopic (exact) mass is 268 g/mol. The lowest BCUT2D eigenvalue weighted by molar-refractivity contribution is 0.587. The number of nitrogens with one attached hydrogen (secondary N) is 1. The van der Waals surface area contributed by atoms with Crippen molar-refractivity contribution in [1.29, 1.82) is 0 Å². The summed E-state index contributed by atoms with van der Waals surface area (Å²) in [7, 11) is 0. The number of para-hydroxylation sites is 1. The number of halogens is 3. The Balaban J connectivity index is 2.16. The lowest BCUT2D eigenvalue weighted by Gasteiger charge is -2.10. The van der Waals surface area contributed by atoms with Crippen LogP contribution in [-0.4, -0.2) is 0 Å². The van der Waals surface area contributed by atoms with Crippen LogP contribution in [0.15, 0.2) is 36.4 Å². The van der Waals surface area contributed by atoms with E-state index < -0.39 is 11.6 Å². The highest BCUT2D eigenvalue weighted by molar-refractivity contribution is 6.33. The van der Waals surface area contributed by atoms with Gasteiger partial charge in [0.1, 0.15) is 11.6 Å². The first kappa shape index (κ1) is 12.6. The Hall–Kier alpha value is -1.81. The maximum atomic E-state index is 13.4. The van der Waals surface area contributed by atoms with E-state index in [9.17, 15) is 8.78 Å². The van der Waals surface area contributed by atoms with Crippen molar-refractivity contribution in [3.8, 4) is 0 Å². The predicted octanol–water partition coefficient (Wildman–Crippen LogP) is 3.81. The number of benzene rings is 2. The maximum absolute atomic E-state index is 13.4. The second kappa shape index (κ2) is 5.23. The maximum Gasteiger partial charge on any atom is 0.128 e. The van der Waals surface area contributed by atoms with E-state index in [1.807, 2.05) is 0 Å². The molecule has 0 amide bonds. The molecule has 94 valence electrons. The first-order valence-corrected chi connectivity index (χ1v) is 5.67. The molecule has 2 rings (SSSR count). The van der Waals surface area contributed by atoms with E-state index in [-0.39, 0.29) is 12.1 Å². The molecule has 18 heavy (non-hydrogen) atoms. The molecular formula is C13H11ClF2N2. The zero-order chi connectivity index (χ0) is 13.1. The van der Waals surface area contributed by atoms with Crippen molar-refractivity contribution in [1.82, 2.24) is 0 Å². The number of nitrogen functional groups attached to an aromatic ring is 1. The smallest absolute Gasteiger partial charge is 0.128 e. The van der Waals surface area contributed by atoms with E-state index in [0.29, 0.717) is 16.4 Å². The molecule has 0 heterocycles. The van der Waals surface area contributed by atoms with Crippen LogP contribution in [-0.2, 0) is 6.54 Å². The van der Waals surface area contributed by atoms with Gasteiger partial charge in [0.25, 0.3) is 0 Å². The molecule has 0 saturated heterocycles. The molecule has 0 fully saturated rings. The third-order valence-corrected chi connectivity index (χ3v) is 2.86. The van der Waals surface area contributed by atoms with Gasteiger partial charge in [-0.15, -0.1) is 0 Å². The van der Waals surface area contributed by atoms with Gasteiger partial charge in [0, 0.05) is 12.1 Å². The molecule has 0 bridgehead atoms. The van der Waals surface area contributed by atoms with Crippen molar-refractivity contribution < 1.29 is 8.78 Å². The molecule has 0 aliphatic heterocycles. The minimum Gasteiger partial charge on any atom is -0.396 e. The lowest BCUT2D eigenvalue weighted by Crippen LogP contribution is -2.04. The summed E-state index contributed by atoms with van der Waals surface area (Å²) in [6, 6.07) is 8.41. The average Bonchev–Trinajstić information content (AvgIpc) is 2.35. The number of hydrogen-bond donors (Lipinski definition) is 2. The molecule has 0 radical (unpaired) electrons. The molecule has 0 aromatic heterocycles. The van der Waals surface area contributed by atoms with Gasteiger partial charge in [0.05, 0.1) is 16.4 Å². The quantitative estimate of drug-likeness (QED) is 0.831. The van der Waals surface area contributed by atoms with Crippen LogP contribution in [0.3, 0.4) is 0 Å². The van der Waals surface area contributed by atoms with Crippen molar-refractivity contribution in [2.75, 3.05) is 11.1 Å². The van der Waals surface area contributed by atoms with Crippen molar-refractivity contribution in [2.24, 2.45) is 0 Å². The SMILES string of the molecule is Nc1c(Cl)cccc1NCc1cc(F)ccc1F. The Bertz CT molecular complexity index is 571. The molecule has 0 aliphatic rings. The first-order valence-electron chi connectivity index (χ1n) is 5.29. The van der Waals surface area contributed by atoms with E-state index in [1.54, 1.807) is 18.2 Å². The fourth-order valence-electron chi connectivity index (χ4n) is 1.56. The van der Waals surface area contributed by atoms with E-state index in [4.69, 9.17) is 17.3 Å². The van der Waals surface area contributed by atoms with E-state index in [1.165, 1.54) is 0 Å². The number of anilines is 2. The summed E-state index contributed by atoms with van der Waals surface area (Å²) in [5.74, 6) is -0.947. The van der Waals surface area contributed by atoms with Gasteiger partial charge in [-0.05, 0) is 30.3 Å². The molecule has 2 nitrogen and oxygen atoms in total. The van der Waals surface area contributed by atoms with Gasteiger partial charge in [-0.3, -0.25) is 0 Å². The van der Waals surface area contributed by atoms with Crippen molar-refractivity contribution >= 4 is 23.0 Å². The molecule has 5 heteroatoms. The summed E-state index contributed by atoms with van der Waals surface area (Å²) in [5, 5.41) is 3.34. The summed E-state index contributed by atoms with van der Waals surface area (Å²) >= 11 is 5.85. The Kier molecular flexibility index (Phi) is 3.67. The van der Waals surface area contributed by atoms with Crippen molar-refractivity contribution in [2.45, 2.75) is 6.54 Å². The highest BCUT2D eigenvalue weighted by Crippen LogP contribution is 2.27. The van der Waals surface area contributed by atoms with Crippen LogP contribution in [0.5, 0.6) is 0 Å². The normalized spacial score (nSPS) is 10.4. The summed E-state index contributed by atoms with van der Waals surface area (Å²) in [5.41, 5.74) is 6.96. The van der Waals surface area contributed by atoms with Gasteiger partial charge in [-0.25, -0.2) is 8.78 Å². The molecule has 2 aromatic carbocycles. The Morgan fingerprint density at radius 3 is 2.72 bits per heavy atom. The fraction of sp³-hybridized carbons (Fsp3) is 0.0769. The van der Waals surface area contributed by atoms with Gasteiger partial charge in [-0.1, -0.05) is 17.7 Å². The van der Waals surface area contributed by atoms with E-state index >= 15 is 0 Å². The van der Waals surface area contributed by atoms with Crippen LogP contribution < -0.4 is 11.1 Å². The minimum atomic E-state index is -0.479. The number of nitrogens with two attached hydrogens (primary N) is 1. The number of rotatable bonds is 3. The second-order valence-electron chi connectivity index (χ2n) is 3.79. The summed E-state index contributed by atoms with van der Waals surface area (Å²) in [4.78, 5) is 0. The molecule has 0 atom stereocenters. The van der Waals surface area contributed by atoms with Crippen LogP contribution in [0, 0.1) is 11.6 Å². The Labute approximate surface area is 108 Å². The van der Waals surface area contributed by atoms with Gasteiger partial charge in [0.2, 0.25) is 0 Å². The highest BCUT2D eigenvalue weighted by Gasteiger charge is 2.06. The lowest BCUT2D eigenvalue weighted by atomic mass is 10.2. The topological polar surface area (TPSA) is 38.0 Å². The highest BCUT2D eigenvalue weighted by atomic mass is 35.5. The molecule has 3 N–H and O–H groups in total. The first-order chi connectivity index (χ1) is 8.58. The molecule has 0 unspecified atom stereocenters. The van der Waals surface area contributed by atoms with Gasteiger partial charge < -0.3 is 11.1 Å². The van der Waals surface area contributed by atoms with Gasteiger partial charge >= 0.3 is 0 Å². The van der Waals surface area contributed by atoms with E-state index in [2.05, 4.69) is 5.32 Å².